The largest absolute Gasteiger partial charge is 0.378 e. The average Bonchev–Trinajstić information content (AvgIpc) is 3.25. The van der Waals surface area contributed by atoms with E-state index in [1.54, 1.807) is 6.33 Å². The summed E-state index contributed by atoms with van der Waals surface area (Å²) in [5.41, 5.74) is 3.63. The number of hydrogen-bond acceptors (Lipinski definition) is 8. The Hall–Kier alpha value is -2.91. The molecule has 0 saturated carbocycles. The van der Waals surface area contributed by atoms with Crippen LogP contribution in [0.2, 0.25) is 0 Å². The lowest BCUT2D eigenvalue weighted by Crippen LogP contribution is -2.37. The minimum Gasteiger partial charge on any atom is -0.378 e. The van der Waals surface area contributed by atoms with Crippen molar-refractivity contribution in [3.63, 3.8) is 0 Å². The van der Waals surface area contributed by atoms with Gasteiger partial charge in [0.1, 0.15) is 5.52 Å². The number of benzene rings is 1. The summed E-state index contributed by atoms with van der Waals surface area (Å²) in [5.74, 6) is 1.40. The molecule has 5 rings (SSSR count). The molecule has 2 aliphatic heterocycles. The van der Waals surface area contributed by atoms with Gasteiger partial charge in [0.05, 0.1) is 32.8 Å². The van der Waals surface area contributed by atoms with E-state index >= 15 is 0 Å². The third-order valence-corrected chi connectivity index (χ3v) is 5.07. The molecule has 0 radical (unpaired) electrons. The Bertz CT molecular complexity index is 931. The highest BCUT2D eigenvalue weighted by atomic mass is 16.5. The van der Waals surface area contributed by atoms with Gasteiger partial charge in [-0.05, 0) is 24.3 Å². The maximum Gasteiger partial charge on any atom is 0.229 e. The fraction of sp³-hybridized carbons (Fsp3) is 0.421. The highest BCUT2D eigenvalue weighted by Crippen LogP contribution is 2.26. The van der Waals surface area contributed by atoms with Crippen molar-refractivity contribution in [1.82, 2.24) is 19.9 Å². The number of aromatic amines is 1. The summed E-state index contributed by atoms with van der Waals surface area (Å²) in [5, 5.41) is 3.42. The Kier molecular flexibility index (Phi) is 4.67. The third-order valence-electron chi connectivity index (χ3n) is 5.07. The lowest BCUT2D eigenvalue weighted by Gasteiger charge is -2.29. The van der Waals surface area contributed by atoms with E-state index in [9.17, 15) is 0 Å². The molecule has 2 aliphatic rings. The second-order valence-electron chi connectivity index (χ2n) is 6.84. The summed E-state index contributed by atoms with van der Waals surface area (Å²) in [4.78, 5) is 21.3. The monoisotopic (exact) mass is 381 g/mol. The molecular weight excluding hydrogens is 358 g/mol. The smallest absolute Gasteiger partial charge is 0.229 e. The van der Waals surface area contributed by atoms with Crippen molar-refractivity contribution in [2.75, 3.05) is 67.7 Å². The molecular formula is C19H23N7O2. The summed E-state index contributed by atoms with van der Waals surface area (Å²) in [7, 11) is 0. The highest BCUT2D eigenvalue weighted by Gasteiger charge is 2.18. The van der Waals surface area contributed by atoms with E-state index in [0.29, 0.717) is 24.8 Å². The first-order valence-corrected chi connectivity index (χ1v) is 9.60. The molecule has 9 heteroatoms. The van der Waals surface area contributed by atoms with Crippen LogP contribution in [0.5, 0.6) is 0 Å². The molecule has 0 spiro atoms. The second kappa shape index (κ2) is 7.61. The SMILES string of the molecule is c1nc2nc(N3CCOCC3)nc(Nc3ccc(N4CCOCC4)cc3)c2[nH]1. The maximum absolute atomic E-state index is 5.43. The highest BCUT2D eigenvalue weighted by molar-refractivity contribution is 5.86. The van der Waals surface area contributed by atoms with Gasteiger partial charge < -0.3 is 29.6 Å². The van der Waals surface area contributed by atoms with Crippen LogP contribution in [0.25, 0.3) is 11.2 Å². The molecule has 1 aromatic carbocycles. The van der Waals surface area contributed by atoms with Crippen molar-refractivity contribution < 1.29 is 9.47 Å². The predicted molar refractivity (Wildman–Crippen MR) is 107 cm³/mol. The van der Waals surface area contributed by atoms with Crippen LogP contribution in [-0.4, -0.2) is 72.5 Å². The van der Waals surface area contributed by atoms with E-state index < -0.39 is 0 Å². The number of anilines is 4. The van der Waals surface area contributed by atoms with Crippen LogP contribution < -0.4 is 15.1 Å². The van der Waals surface area contributed by atoms with Crippen molar-refractivity contribution in [1.29, 1.82) is 0 Å². The number of imidazole rings is 1. The summed E-state index contributed by atoms with van der Waals surface area (Å²) >= 11 is 0. The quantitative estimate of drug-likeness (QED) is 0.707. The Morgan fingerprint density at radius 3 is 2.25 bits per heavy atom. The minimum atomic E-state index is 0.656. The van der Waals surface area contributed by atoms with Crippen LogP contribution in [0.3, 0.4) is 0 Å². The molecule has 2 fully saturated rings. The fourth-order valence-electron chi connectivity index (χ4n) is 3.53. The number of hydrogen-bond donors (Lipinski definition) is 2. The number of rotatable bonds is 4. The number of nitrogens with zero attached hydrogens (tertiary/aromatic N) is 5. The van der Waals surface area contributed by atoms with Crippen LogP contribution >= 0.6 is 0 Å². The van der Waals surface area contributed by atoms with Gasteiger partial charge in [-0.2, -0.15) is 9.97 Å². The number of H-pyrrole nitrogens is 1. The summed E-state index contributed by atoms with van der Waals surface area (Å²) < 4.78 is 10.9. The van der Waals surface area contributed by atoms with Gasteiger partial charge in [0.15, 0.2) is 11.5 Å². The standard InChI is InChI=1S/C19H23N7O2/c1-3-15(25-5-9-27-10-6-25)4-2-14(1)22-18-16-17(21-13-20-16)23-19(24-18)26-7-11-28-12-8-26/h1-4,13H,5-12H2,(H2,20,21,22,23,24). The fourth-order valence-corrected chi connectivity index (χ4v) is 3.53. The third kappa shape index (κ3) is 3.46. The lowest BCUT2D eigenvalue weighted by molar-refractivity contribution is 0.122. The molecule has 0 amide bonds. The zero-order valence-electron chi connectivity index (χ0n) is 15.6. The summed E-state index contributed by atoms with van der Waals surface area (Å²) in [6, 6.07) is 8.40. The zero-order valence-corrected chi connectivity index (χ0v) is 15.6. The van der Waals surface area contributed by atoms with Crippen molar-refractivity contribution >= 4 is 34.3 Å². The van der Waals surface area contributed by atoms with E-state index in [-0.39, 0.29) is 0 Å². The van der Waals surface area contributed by atoms with Crippen LogP contribution in [0.1, 0.15) is 0 Å². The van der Waals surface area contributed by atoms with Crippen molar-refractivity contribution in [2.45, 2.75) is 0 Å². The second-order valence-corrected chi connectivity index (χ2v) is 6.84. The maximum atomic E-state index is 5.43. The van der Waals surface area contributed by atoms with Crippen LogP contribution in [0.15, 0.2) is 30.6 Å². The minimum absolute atomic E-state index is 0.656. The molecule has 2 N–H and O–H groups in total. The van der Waals surface area contributed by atoms with Gasteiger partial charge in [0.2, 0.25) is 5.95 Å². The predicted octanol–water partition coefficient (Wildman–Crippen LogP) is 1.77. The van der Waals surface area contributed by atoms with Gasteiger partial charge in [-0.3, -0.25) is 0 Å². The molecule has 2 aromatic heterocycles. The van der Waals surface area contributed by atoms with Gasteiger partial charge in [0.25, 0.3) is 0 Å². The Morgan fingerprint density at radius 1 is 0.857 bits per heavy atom. The van der Waals surface area contributed by atoms with Crippen molar-refractivity contribution in [2.24, 2.45) is 0 Å². The number of aromatic nitrogens is 4. The van der Waals surface area contributed by atoms with E-state index in [0.717, 1.165) is 56.4 Å². The molecule has 9 nitrogen and oxygen atoms in total. The lowest BCUT2D eigenvalue weighted by atomic mass is 10.2. The first-order valence-electron chi connectivity index (χ1n) is 9.60. The average molecular weight is 381 g/mol. The topological polar surface area (TPSA) is 91.4 Å². The van der Waals surface area contributed by atoms with Crippen LogP contribution in [-0.2, 0) is 9.47 Å². The van der Waals surface area contributed by atoms with E-state index in [4.69, 9.17) is 14.5 Å². The Balaban J connectivity index is 1.40. The number of morpholine rings is 2. The Morgan fingerprint density at radius 2 is 1.54 bits per heavy atom. The van der Waals surface area contributed by atoms with Crippen molar-refractivity contribution in [3.8, 4) is 0 Å². The van der Waals surface area contributed by atoms with Gasteiger partial charge in [-0.1, -0.05) is 0 Å². The molecule has 3 aromatic rings. The molecule has 2 saturated heterocycles. The summed E-state index contributed by atoms with van der Waals surface area (Å²) in [6.07, 6.45) is 1.65. The van der Waals surface area contributed by atoms with Crippen molar-refractivity contribution in [3.05, 3.63) is 30.6 Å². The van der Waals surface area contributed by atoms with Gasteiger partial charge in [0, 0.05) is 37.6 Å². The molecule has 0 unspecified atom stereocenters. The van der Waals surface area contributed by atoms with E-state index in [2.05, 4.69) is 54.3 Å². The number of ether oxygens (including phenoxy) is 2. The number of nitrogens with one attached hydrogen (secondary N) is 2. The molecule has 146 valence electrons. The van der Waals surface area contributed by atoms with Gasteiger partial charge >= 0.3 is 0 Å². The first-order chi connectivity index (χ1) is 13.9. The molecule has 4 heterocycles. The van der Waals surface area contributed by atoms with Crippen LogP contribution in [0, 0.1) is 0 Å². The van der Waals surface area contributed by atoms with Gasteiger partial charge in [-0.25, -0.2) is 4.98 Å². The Labute approximate surface area is 162 Å². The summed E-state index contributed by atoms with van der Waals surface area (Å²) in [6.45, 7) is 6.35. The zero-order chi connectivity index (χ0) is 18.8. The van der Waals surface area contributed by atoms with E-state index in [1.807, 2.05) is 0 Å². The molecule has 0 bridgehead atoms. The number of fused-ring (bicyclic) bond motifs is 1. The molecule has 0 atom stereocenters. The van der Waals surface area contributed by atoms with Gasteiger partial charge in [-0.15, -0.1) is 0 Å². The van der Waals surface area contributed by atoms with Crippen LogP contribution in [0.4, 0.5) is 23.1 Å². The van der Waals surface area contributed by atoms with E-state index in [1.165, 1.54) is 5.69 Å². The molecule has 28 heavy (non-hydrogen) atoms. The molecule has 0 aliphatic carbocycles. The normalized spacial score (nSPS) is 17.9. The first kappa shape index (κ1) is 17.2.